The van der Waals surface area contributed by atoms with Crippen LogP contribution in [0, 0.1) is 6.92 Å². The number of rotatable bonds is 5. The maximum atomic E-state index is 12.3. The molecule has 110 valence electrons. The fourth-order valence-electron chi connectivity index (χ4n) is 1.95. The van der Waals surface area contributed by atoms with Crippen molar-refractivity contribution in [1.82, 2.24) is 4.98 Å². The number of nitrogens with zero attached hydrogens (tertiary/aromatic N) is 1. The minimum Gasteiger partial charge on any atom is -0.481 e. The zero-order chi connectivity index (χ0) is 15.4. The smallest absolute Gasteiger partial charge is 0.307 e. The van der Waals surface area contributed by atoms with Gasteiger partial charge in [-0.1, -0.05) is 25.1 Å². The molecular weight excluding hydrogens is 288 g/mol. The normalized spacial score (nSPS) is 10.4. The number of aromatic nitrogens is 1. The Kier molecular flexibility index (Phi) is 4.70. The van der Waals surface area contributed by atoms with E-state index in [4.69, 9.17) is 5.11 Å². The van der Waals surface area contributed by atoms with Gasteiger partial charge in [-0.3, -0.25) is 9.59 Å². The van der Waals surface area contributed by atoms with E-state index in [0.717, 1.165) is 11.4 Å². The molecule has 0 radical (unpaired) electrons. The molecule has 0 bridgehead atoms. The van der Waals surface area contributed by atoms with E-state index in [1.54, 1.807) is 31.2 Å². The summed E-state index contributed by atoms with van der Waals surface area (Å²) in [6.45, 7) is 3.79. The minimum absolute atomic E-state index is 0.127. The first-order valence-corrected chi connectivity index (χ1v) is 7.40. The third-order valence-electron chi connectivity index (χ3n) is 2.96. The molecule has 1 aromatic heterocycles. The first-order chi connectivity index (χ1) is 10.0. The second kappa shape index (κ2) is 6.49. The molecule has 0 aliphatic rings. The number of carboxylic acid groups (broad SMARTS) is 1. The van der Waals surface area contributed by atoms with Gasteiger partial charge < -0.3 is 10.4 Å². The third-order valence-corrected chi connectivity index (χ3v) is 4.26. The van der Waals surface area contributed by atoms with E-state index in [1.165, 1.54) is 11.3 Å². The van der Waals surface area contributed by atoms with Crippen molar-refractivity contribution in [2.75, 3.05) is 5.32 Å². The molecule has 1 amide bonds. The van der Waals surface area contributed by atoms with Crippen LogP contribution in [0.5, 0.6) is 0 Å². The highest BCUT2D eigenvalue weighted by atomic mass is 32.1. The highest BCUT2D eigenvalue weighted by molar-refractivity contribution is 7.13. The molecule has 0 aliphatic heterocycles. The minimum atomic E-state index is -0.932. The zero-order valence-corrected chi connectivity index (χ0v) is 12.7. The predicted molar refractivity (Wildman–Crippen MR) is 82.0 cm³/mol. The Labute approximate surface area is 126 Å². The van der Waals surface area contributed by atoms with Gasteiger partial charge in [0, 0.05) is 5.69 Å². The van der Waals surface area contributed by atoms with Crippen LogP contribution in [0.1, 0.15) is 32.9 Å². The summed E-state index contributed by atoms with van der Waals surface area (Å²) in [7, 11) is 0. The summed E-state index contributed by atoms with van der Waals surface area (Å²) in [5.41, 5.74) is 1.80. The topological polar surface area (TPSA) is 79.3 Å². The number of thiazole rings is 1. The van der Waals surface area contributed by atoms with Crippen LogP contribution in [0.15, 0.2) is 24.3 Å². The lowest BCUT2D eigenvalue weighted by atomic mass is 10.1. The number of carboxylic acids is 1. The van der Waals surface area contributed by atoms with Gasteiger partial charge in [0.05, 0.1) is 17.1 Å². The van der Waals surface area contributed by atoms with Gasteiger partial charge in [-0.2, -0.15) is 0 Å². The molecule has 5 nitrogen and oxygen atoms in total. The number of carbonyl (C=O) groups excluding carboxylic acids is 1. The van der Waals surface area contributed by atoms with Crippen LogP contribution in [0.2, 0.25) is 0 Å². The summed E-state index contributed by atoms with van der Waals surface area (Å²) in [6.07, 6.45) is 0.659. The van der Waals surface area contributed by atoms with Gasteiger partial charge in [-0.25, -0.2) is 4.98 Å². The molecule has 6 heteroatoms. The first-order valence-electron chi connectivity index (χ1n) is 6.58. The van der Waals surface area contributed by atoms with Crippen molar-refractivity contribution >= 4 is 28.9 Å². The predicted octanol–water partition coefficient (Wildman–Crippen LogP) is 2.89. The Morgan fingerprint density at radius 2 is 2.05 bits per heavy atom. The number of aliphatic carboxylic acids is 1. The molecule has 0 unspecified atom stereocenters. The molecule has 0 spiro atoms. The van der Waals surface area contributed by atoms with Crippen molar-refractivity contribution in [2.45, 2.75) is 26.7 Å². The molecule has 21 heavy (non-hydrogen) atoms. The third kappa shape index (κ3) is 3.66. The second-order valence-corrected chi connectivity index (χ2v) is 5.64. The van der Waals surface area contributed by atoms with E-state index < -0.39 is 5.97 Å². The van der Waals surface area contributed by atoms with Crippen molar-refractivity contribution in [3.8, 4) is 0 Å². The standard InChI is InChI=1S/C15H16N2O3S/c1-3-12-16-9(2)14(21-12)15(20)17-11-7-5-4-6-10(11)8-13(18)19/h4-7H,3,8H2,1-2H3,(H,17,20)(H,18,19). The first kappa shape index (κ1) is 15.2. The highest BCUT2D eigenvalue weighted by Gasteiger charge is 2.16. The van der Waals surface area contributed by atoms with Crippen LogP contribution in [0.3, 0.4) is 0 Å². The molecule has 0 saturated heterocycles. The molecule has 1 heterocycles. The van der Waals surface area contributed by atoms with Crippen molar-refractivity contribution in [1.29, 1.82) is 0 Å². The summed E-state index contributed by atoms with van der Waals surface area (Å²) in [4.78, 5) is 28.1. The van der Waals surface area contributed by atoms with Gasteiger partial charge in [0.25, 0.3) is 5.91 Å². The second-order valence-electron chi connectivity index (χ2n) is 4.56. The van der Waals surface area contributed by atoms with Crippen LogP contribution < -0.4 is 5.32 Å². The average molecular weight is 304 g/mol. The van der Waals surface area contributed by atoms with Gasteiger partial charge in [0.1, 0.15) is 4.88 Å². The van der Waals surface area contributed by atoms with E-state index in [-0.39, 0.29) is 12.3 Å². The molecule has 0 fully saturated rings. The molecule has 0 atom stereocenters. The van der Waals surface area contributed by atoms with Gasteiger partial charge in [0.2, 0.25) is 0 Å². The summed E-state index contributed by atoms with van der Waals surface area (Å²) >= 11 is 1.37. The van der Waals surface area contributed by atoms with Crippen LogP contribution in [-0.4, -0.2) is 22.0 Å². The van der Waals surface area contributed by atoms with Crippen molar-refractivity contribution in [3.05, 3.63) is 45.4 Å². The number of anilines is 1. The summed E-state index contributed by atoms with van der Waals surface area (Å²) < 4.78 is 0. The van der Waals surface area contributed by atoms with Gasteiger partial charge in [0.15, 0.2) is 0 Å². The molecule has 2 rings (SSSR count). The lowest BCUT2D eigenvalue weighted by Crippen LogP contribution is -2.14. The molecular formula is C15H16N2O3S. The maximum Gasteiger partial charge on any atom is 0.307 e. The van der Waals surface area contributed by atoms with E-state index >= 15 is 0 Å². The highest BCUT2D eigenvalue weighted by Crippen LogP contribution is 2.22. The number of carbonyl (C=O) groups is 2. The largest absolute Gasteiger partial charge is 0.481 e. The summed E-state index contributed by atoms with van der Waals surface area (Å²) in [5.74, 6) is -1.18. The molecule has 2 aromatic rings. The van der Waals surface area contributed by atoms with E-state index in [9.17, 15) is 9.59 Å². The SMILES string of the molecule is CCc1nc(C)c(C(=O)Nc2ccccc2CC(=O)O)s1. The van der Waals surface area contributed by atoms with Crippen molar-refractivity contribution in [3.63, 3.8) is 0 Å². The Hall–Kier alpha value is -2.21. The number of nitrogens with one attached hydrogen (secondary N) is 1. The summed E-state index contributed by atoms with van der Waals surface area (Å²) in [5, 5.41) is 12.6. The Morgan fingerprint density at radius 3 is 2.67 bits per heavy atom. The fourth-order valence-corrected chi connectivity index (χ4v) is 2.85. The monoisotopic (exact) mass is 304 g/mol. The molecule has 0 aliphatic carbocycles. The number of aryl methyl sites for hydroxylation is 2. The molecule has 2 N–H and O–H groups in total. The van der Waals surface area contributed by atoms with Crippen LogP contribution in [-0.2, 0) is 17.6 Å². The maximum absolute atomic E-state index is 12.3. The molecule has 1 aromatic carbocycles. The van der Waals surface area contributed by atoms with Crippen LogP contribution in [0.4, 0.5) is 5.69 Å². The van der Waals surface area contributed by atoms with E-state index in [0.29, 0.717) is 21.8 Å². The van der Waals surface area contributed by atoms with E-state index in [2.05, 4.69) is 10.3 Å². The van der Waals surface area contributed by atoms with E-state index in [1.807, 2.05) is 6.92 Å². The lowest BCUT2D eigenvalue weighted by molar-refractivity contribution is -0.136. The lowest BCUT2D eigenvalue weighted by Gasteiger charge is -2.09. The number of para-hydroxylation sites is 1. The van der Waals surface area contributed by atoms with Crippen molar-refractivity contribution in [2.24, 2.45) is 0 Å². The quantitative estimate of drug-likeness (QED) is 0.890. The van der Waals surface area contributed by atoms with Crippen molar-refractivity contribution < 1.29 is 14.7 Å². The fraction of sp³-hybridized carbons (Fsp3) is 0.267. The number of hydrogen-bond acceptors (Lipinski definition) is 4. The molecule has 0 saturated carbocycles. The number of hydrogen-bond donors (Lipinski definition) is 2. The van der Waals surface area contributed by atoms with Gasteiger partial charge >= 0.3 is 5.97 Å². The Bertz CT molecular complexity index is 679. The number of amides is 1. The van der Waals surface area contributed by atoms with Gasteiger partial charge in [-0.15, -0.1) is 11.3 Å². The Balaban J connectivity index is 2.23. The van der Waals surface area contributed by atoms with Gasteiger partial charge in [-0.05, 0) is 25.0 Å². The van der Waals surface area contributed by atoms with Crippen LogP contribution >= 0.6 is 11.3 Å². The van der Waals surface area contributed by atoms with Crippen LogP contribution in [0.25, 0.3) is 0 Å². The Morgan fingerprint density at radius 1 is 1.33 bits per heavy atom. The average Bonchev–Trinajstić information content (AvgIpc) is 2.82. The summed E-state index contributed by atoms with van der Waals surface area (Å²) in [6, 6.07) is 6.91. The zero-order valence-electron chi connectivity index (χ0n) is 11.8. The number of benzene rings is 1.